The molecule has 3 heterocycles. The van der Waals surface area contributed by atoms with E-state index in [1.54, 1.807) is 12.4 Å². The van der Waals surface area contributed by atoms with Crippen molar-refractivity contribution in [1.82, 2.24) is 15.2 Å². The van der Waals surface area contributed by atoms with E-state index in [9.17, 15) is 4.79 Å². The first-order valence-electron chi connectivity index (χ1n) is 7.56. The number of allylic oxidation sites excluding steroid dienone is 1. The first kappa shape index (κ1) is 14.2. The molecular formula is C18H15N5O. The maximum absolute atomic E-state index is 12.2. The number of fused-ring (bicyclic) bond motifs is 1. The largest absolute Gasteiger partial charge is 0.340 e. The number of nitrogens with zero attached hydrogens (tertiary/aromatic N) is 2. The molecule has 6 heteroatoms. The van der Waals surface area contributed by atoms with Gasteiger partial charge in [0.1, 0.15) is 5.82 Å². The number of anilines is 2. The molecule has 0 aliphatic carbocycles. The molecule has 0 radical (unpaired) electrons. The standard InChI is InChI=1S/C18H15N5O/c1-11-4-2-5-13(8-11)21-17-15(18(24)23-22-17)9-12-10-20-16-14(12)6-3-7-19-16/h2-10H,1H3,(H3,21,22,23,24)/b12-9-. The summed E-state index contributed by atoms with van der Waals surface area (Å²) >= 11 is 0. The number of aryl methyl sites for hydroxylation is 1. The predicted molar refractivity (Wildman–Crippen MR) is 96.1 cm³/mol. The summed E-state index contributed by atoms with van der Waals surface area (Å²) in [5, 5.41) is 8.75. The van der Waals surface area contributed by atoms with Gasteiger partial charge in [0.05, 0.1) is 5.56 Å². The SMILES string of the molecule is Cc1cccc(Nc2[nH][nH]c(=O)c2/C=C2/C=Nc3ncccc32)c1. The van der Waals surface area contributed by atoms with Crippen molar-refractivity contribution < 1.29 is 0 Å². The fourth-order valence-electron chi connectivity index (χ4n) is 2.67. The third-order valence-electron chi connectivity index (χ3n) is 3.83. The van der Waals surface area contributed by atoms with Gasteiger partial charge in [0.25, 0.3) is 5.56 Å². The molecule has 0 atom stereocenters. The molecule has 0 bridgehead atoms. The minimum absolute atomic E-state index is 0.191. The number of aromatic nitrogens is 3. The highest BCUT2D eigenvalue weighted by molar-refractivity contribution is 6.21. The summed E-state index contributed by atoms with van der Waals surface area (Å²) < 4.78 is 0. The Labute approximate surface area is 138 Å². The lowest BCUT2D eigenvalue weighted by molar-refractivity contribution is 1.06. The molecule has 3 aromatic rings. The van der Waals surface area contributed by atoms with Crippen LogP contribution in [0.25, 0.3) is 11.6 Å². The van der Waals surface area contributed by atoms with Crippen LogP contribution in [-0.2, 0) is 0 Å². The molecule has 0 fully saturated rings. The van der Waals surface area contributed by atoms with Crippen LogP contribution < -0.4 is 10.9 Å². The van der Waals surface area contributed by atoms with Gasteiger partial charge in [-0.3, -0.25) is 15.0 Å². The first-order chi connectivity index (χ1) is 11.7. The molecule has 1 aromatic carbocycles. The van der Waals surface area contributed by atoms with E-state index in [1.165, 1.54) is 0 Å². The molecular weight excluding hydrogens is 302 g/mol. The number of aromatic amines is 2. The second-order valence-corrected chi connectivity index (χ2v) is 5.59. The smallest absolute Gasteiger partial charge is 0.273 e. The van der Waals surface area contributed by atoms with Crippen molar-refractivity contribution in [1.29, 1.82) is 0 Å². The summed E-state index contributed by atoms with van der Waals surface area (Å²) in [6.45, 7) is 2.02. The van der Waals surface area contributed by atoms with E-state index in [4.69, 9.17) is 0 Å². The zero-order valence-corrected chi connectivity index (χ0v) is 13.0. The maximum atomic E-state index is 12.2. The molecule has 1 aliphatic rings. The van der Waals surface area contributed by atoms with Gasteiger partial charge in [0.2, 0.25) is 0 Å². The second-order valence-electron chi connectivity index (χ2n) is 5.59. The average Bonchev–Trinajstić information content (AvgIpc) is 3.14. The van der Waals surface area contributed by atoms with Crippen LogP contribution in [0.3, 0.4) is 0 Å². The van der Waals surface area contributed by atoms with Crippen molar-refractivity contribution in [2.75, 3.05) is 5.32 Å². The highest BCUT2D eigenvalue weighted by Crippen LogP contribution is 2.30. The molecule has 3 N–H and O–H groups in total. The Morgan fingerprint density at radius 1 is 1.17 bits per heavy atom. The molecule has 0 saturated heterocycles. The molecule has 0 amide bonds. The summed E-state index contributed by atoms with van der Waals surface area (Å²) in [6, 6.07) is 11.7. The molecule has 0 spiro atoms. The van der Waals surface area contributed by atoms with Crippen molar-refractivity contribution in [3.8, 4) is 0 Å². The third kappa shape index (κ3) is 2.54. The fourth-order valence-corrected chi connectivity index (χ4v) is 2.67. The molecule has 4 rings (SSSR count). The van der Waals surface area contributed by atoms with Gasteiger partial charge in [-0.15, -0.1) is 0 Å². The highest BCUT2D eigenvalue weighted by Gasteiger charge is 2.15. The van der Waals surface area contributed by atoms with E-state index in [-0.39, 0.29) is 5.56 Å². The van der Waals surface area contributed by atoms with Crippen molar-refractivity contribution in [3.63, 3.8) is 0 Å². The van der Waals surface area contributed by atoms with Crippen LogP contribution in [0.1, 0.15) is 16.7 Å². The van der Waals surface area contributed by atoms with Crippen molar-refractivity contribution >= 4 is 35.2 Å². The van der Waals surface area contributed by atoms with Gasteiger partial charge in [0.15, 0.2) is 5.82 Å². The summed E-state index contributed by atoms with van der Waals surface area (Å²) in [4.78, 5) is 20.6. The summed E-state index contributed by atoms with van der Waals surface area (Å²) in [5.74, 6) is 1.28. The molecule has 1 aliphatic heterocycles. The molecule has 24 heavy (non-hydrogen) atoms. The van der Waals surface area contributed by atoms with Gasteiger partial charge in [-0.05, 0) is 42.8 Å². The van der Waals surface area contributed by atoms with E-state index in [1.807, 2.05) is 49.4 Å². The lowest BCUT2D eigenvalue weighted by Crippen LogP contribution is -2.03. The monoisotopic (exact) mass is 317 g/mol. The first-order valence-corrected chi connectivity index (χ1v) is 7.56. The van der Waals surface area contributed by atoms with Crippen LogP contribution in [0.4, 0.5) is 17.3 Å². The number of pyridine rings is 1. The van der Waals surface area contributed by atoms with Gasteiger partial charge in [-0.25, -0.2) is 9.98 Å². The number of benzene rings is 1. The molecule has 0 saturated carbocycles. The Morgan fingerprint density at radius 3 is 2.96 bits per heavy atom. The number of rotatable bonds is 3. The highest BCUT2D eigenvalue weighted by atomic mass is 16.1. The normalized spacial score (nSPS) is 14.1. The number of aliphatic imine (C=N–C) groups is 1. The summed E-state index contributed by atoms with van der Waals surface area (Å²) in [6.07, 6.45) is 5.23. The maximum Gasteiger partial charge on any atom is 0.273 e. The molecule has 2 aromatic heterocycles. The lowest BCUT2D eigenvalue weighted by Gasteiger charge is -2.06. The molecule has 0 unspecified atom stereocenters. The van der Waals surface area contributed by atoms with E-state index in [0.29, 0.717) is 17.2 Å². The Morgan fingerprint density at radius 2 is 2.08 bits per heavy atom. The van der Waals surface area contributed by atoms with E-state index in [0.717, 1.165) is 22.4 Å². The average molecular weight is 317 g/mol. The number of hydrogen-bond acceptors (Lipinski definition) is 4. The van der Waals surface area contributed by atoms with Gasteiger partial charge in [-0.2, -0.15) is 0 Å². The Bertz CT molecular complexity index is 1030. The Hall–Kier alpha value is -3.41. The predicted octanol–water partition coefficient (Wildman–Crippen LogP) is 3.41. The van der Waals surface area contributed by atoms with Crippen LogP contribution >= 0.6 is 0 Å². The van der Waals surface area contributed by atoms with Crippen molar-refractivity contribution in [2.24, 2.45) is 4.99 Å². The number of nitrogens with one attached hydrogen (secondary N) is 3. The minimum atomic E-state index is -0.191. The fraction of sp³-hybridized carbons (Fsp3) is 0.0556. The van der Waals surface area contributed by atoms with Crippen LogP contribution in [0.5, 0.6) is 0 Å². The van der Waals surface area contributed by atoms with Gasteiger partial charge >= 0.3 is 0 Å². The van der Waals surface area contributed by atoms with Crippen LogP contribution in [0.2, 0.25) is 0 Å². The third-order valence-corrected chi connectivity index (χ3v) is 3.83. The second kappa shape index (κ2) is 5.66. The minimum Gasteiger partial charge on any atom is -0.340 e. The molecule has 6 nitrogen and oxygen atoms in total. The van der Waals surface area contributed by atoms with E-state index in [2.05, 4.69) is 25.5 Å². The van der Waals surface area contributed by atoms with Crippen molar-refractivity contribution in [2.45, 2.75) is 6.92 Å². The Balaban J connectivity index is 1.73. The van der Waals surface area contributed by atoms with Gasteiger partial charge in [-0.1, -0.05) is 12.1 Å². The Kier molecular flexibility index (Phi) is 3.35. The van der Waals surface area contributed by atoms with Crippen LogP contribution in [0, 0.1) is 6.92 Å². The topological polar surface area (TPSA) is 85.9 Å². The van der Waals surface area contributed by atoms with E-state index < -0.39 is 0 Å². The number of H-pyrrole nitrogens is 2. The number of hydrogen-bond donors (Lipinski definition) is 3. The van der Waals surface area contributed by atoms with Crippen LogP contribution in [-0.4, -0.2) is 21.4 Å². The zero-order chi connectivity index (χ0) is 16.5. The summed E-state index contributed by atoms with van der Waals surface area (Å²) in [7, 11) is 0. The van der Waals surface area contributed by atoms with Crippen LogP contribution in [0.15, 0.2) is 52.4 Å². The zero-order valence-electron chi connectivity index (χ0n) is 13.0. The quantitative estimate of drug-likeness (QED) is 0.692. The molecule has 118 valence electrons. The van der Waals surface area contributed by atoms with Gasteiger partial charge < -0.3 is 5.32 Å². The van der Waals surface area contributed by atoms with E-state index >= 15 is 0 Å². The van der Waals surface area contributed by atoms with Gasteiger partial charge in [0, 0.05) is 29.2 Å². The van der Waals surface area contributed by atoms with Crippen molar-refractivity contribution in [3.05, 3.63) is 69.6 Å². The summed E-state index contributed by atoms with van der Waals surface area (Å²) in [5.41, 5.74) is 4.15. The lowest BCUT2D eigenvalue weighted by atomic mass is 10.1.